The van der Waals surface area contributed by atoms with Crippen molar-refractivity contribution in [2.24, 2.45) is 0 Å². The Morgan fingerprint density at radius 2 is 1.67 bits per heavy atom. The van der Waals surface area contributed by atoms with Crippen molar-refractivity contribution in [1.82, 2.24) is 0 Å². The van der Waals surface area contributed by atoms with Crippen molar-refractivity contribution in [3.8, 4) is 12.8 Å². The summed E-state index contributed by atoms with van der Waals surface area (Å²) in [6, 6.07) is 8.37. The van der Waals surface area contributed by atoms with Crippen molar-refractivity contribution >= 4 is 17.4 Å². The Kier molecular flexibility index (Phi) is 6.04. The molecular formula is C10H13NS. The highest BCUT2D eigenvalue weighted by Gasteiger charge is 1.88. The van der Waals surface area contributed by atoms with E-state index in [0.29, 0.717) is 0 Å². The fraction of sp³-hybridized carbons (Fsp3) is 0.200. The fourth-order valence-corrected chi connectivity index (χ4v) is 1.17. The second-order valence-corrected chi connectivity index (χ2v) is 2.86. The molecule has 0 saturated carbocycles. The minimum absolute atomic E-state index is 1.16. The number of rotatable bonds is 2. The quantitative estimate of drug-likeness (QED) is 0.553. The maximum atomic E-state index is 4.00. The van der Waals surface area contributed by atoms with Gasteiger partial charge in [-0.3, -0.25) is 0 Å². The van der Waals surface area contributed by atoms with E-state index in [9.17, 15) is 0 Å². The zero-order valence-electron chi connectivity index (χ0n) is 7.37. The fourth-order valence-electron chi connectivity index (χ4n) is 0.758. The summed E-state index contributed by atoms with van der Waals surface area (Å²) in [7, 11) is 1.92. The molecule has 64 valence electrons. The molecule has 1 rings (SSSR count). The Morgan fingerprint density at radius 3 is 2.00 bits per heavy atom. The van der Waals surface area contributed by atoms with E-state index in [1.165, 1.54) is 4.90 Å². The molecule has 0 fully saturated rings. The van der Waals surface area contributed by atoms with E-state index in [4.69, 9.17) is 0 Å². The molecule has 0 heterocycles. The number of terminal acetylenes is 1. The van der Waals surface area contributed by atoms with E-state index < -0.39 is 0 Å². The normalized spacial score (nSPS) is 8.00. The highest BCUT2D eigenvalue weighted by molar-refractivity contribution is 7.98. The van der Waals surface area contributed by atoms with Crippen LogP contribution in [-0.4, -0.2) is 13.3 Å². The lowest BCUT2D eigenvalue weighted by Gasteiger charge is -1.99. The summed E-state index contributed by atoms with van der Waals surface area (Å²) in [4.78, 5) is 1.30. The van der Waals surface area contributed by atoms with E-state index in [0.717, 1.165) is 5.69 Å². The summed E-state index contributed by atoms with van der Waals surface area (Å²) < 4.78 is 0. The van der Waals surface area contributed by atoms with Gasteiger partial charge in [-0.15, -0.1) is 24.6 Å². The molecular weight excluding hydrogens is 166 g/mol. The van der Waals surface area contributed by atoms with Gasteiger partial charge in [0, 0.05) is 17.6 Å². The minimum Gasteiger partial charge on any atom is -0.388 e. The second kappa shape index (κ2) is 6.63. The van der Waals surface area contributed by atoms with Crippen LogP contribution in [0.4, 0.5) is 5.69 Å². The third-order valence-electron chi connectivity index (χ3n) is 1.38. The van der Waals surface area contributed by atoms with Gasteiger partial charge in [0.2, 0.25) is 0 Å². The molecule has 0 spiro atoms. The Hall–Kier alpha value is -1.07. The third kappa shape index (κ3) is 3.36. The van der Waals surface area contributed by atoms with Crippen LogP contribution >= 0.6 is 11.8 Å². The average Bonchev–Trinajstić information content (AvgIpc) is 2.21. The molecule has 2 heteroatoms. The lowest BCUT2D eigenvalue weighted by atomic mass is 10.3. The van der Waals surface area contributed by atoms with Gasteiger partial charge in [0.1, 0.15) is 0 Å². The van der Waals surface area contributed by atoms with Gasteiger partial charge in [-0.25, -0.2) is 0 Å². The SMILES string of the molecule is C#C.CNc1ccc(SC)cc1. The molecule has 0 unspecified atom stereocenters. The van der Waals surface area contributed by atoms with Crippen LogP contribution in [0.3, 0.4) is 0 Å². The zero-order chi connectivity index (χ0) is 9.40. The molecule has 0 bridgehead atoms. The summed E-state index contributed by atoms with van der Waals surface area (Å²) in [5, 5.41) is 3.07. The number of hydrogen-bond donors (Lipinski definition) is 1. The largest absolute Gasteiger partial charge is 0.388 e. The van der Waals surface area contributed by atoms with Crippen molar-refractivity contribution in [1.29, 1.82) is 0 Å². The highest BCUT2D eigenvalue weighted by Crippen LogP contribution is 2.16. The lowest BCUT2D eigenvalue weighted by molar-refractivity contribution is 1.43. The first-order valence-corrected chi connectivity index (χ1v) is 4.74. The average molecular weight is 179 g/mol. The van der Waals surface area contributed by atoms with Gasteiger partial charge in [-0.05, 0) is 30.5 Å². The highest BCUT2D eigenvalue weighted by atomic mass is 32.2. The van der Waals surface area contributed by atoms with Gasteiger partial charge < -0.3 is 5.32 Å². The van der Waals surface area contributed by atoms with Gasteiger partial charge >= 0.3 is 0 Å². The van der Waals surface area contributed by atoms with Crippen LogP contribution in [0.5, 0.6) is 0 Å². The van der Waals surface area contributed by atoms with Crippen LogP contribution in [0.15, 0.2) is 29.2 Å². The van der Waals surface area contributed by atoms with Crippen molar-refractivity contribution in [3.63, 3.8) is 0 Å². The second-order valence-electron chi connectivity index (χ2n) is 1.98. The van der Waals surface area contributed by atoms with Crippen molar-refractivity contribution in [2.45, 2.75) is 4.90 Å². The predicted octanol–water partition coefficient (Wildman–Crippen LogP) is 2.70. The number of hydrogen-bond acceptors (Lipinski definition) is 2. The first kappa shape index (κ1) is 10.9. The molecule has 1 aromatic rings. The van der Waals surface area contributed by atoms with Gasteiger partial charge in [0.15, 0.2) is 0 Å². The first-order valence-electron chi connectivity index (χ1n) is 3.52. The number of nitrogens with one attached hydrogen (secondary N) is 1. The molecule has 0 saturated heterocycles. The molecule has 0 amide bonds. The maximum Gasteiger partial charge on any atom is 0.0338 e. The van der Waals surface area contributed by atoms with Gasteiger partial charge in [0.05, 0.1) is 0 Å². The third-order valence-corrected chi connectivity index (χ3v) is 2.12. The Balaban J connectivity index is 0.000000561. The molecule has 0 radical (unpaired) electrons. The summed E-state index contributed by atoms with van der Waals surface area (Å²) >= 11 is 1.76. The number of anilines is 1. The van der Waals surface area contributed by atoms with E-state index in [-0.39, 0.29) is 0 Å². The molecule has 12 heavy (non-hydrogen) atoms. The first-order chi connectivity index (χ1) is 5.86. The molecule has 0 aliphatic heterocycles. The predicted molar refractivity (Wildman–Crippen MR) is 57.7 cm³/mol. The summed E-state index contributed by atoms with van der Waals surface area (Å²) in [5.74, 6) is 0. The van der Waals surface area contributed by atoms with Crippen LogP contribution in [0, 0.1) is 12.8 Å². The molecule has 0 atom stereocenters. The summed E-state index contributed by atoms with van der Waals surface area (Å²) in [6.07, 6.45) is 10.1. The molecule has 1 N–H and O–H groups in total. The van der Waals surface area contributed by atoms with Crippen LogP contribution in [0.1, 0.15) is 0 Å². The van der Waals surface area contributed by atoms with Crippen LogP contribution in [-0.2, 0) is 0 Å². The maximum absolute atomic E-state index is 4.00. The van der Waals surface area contributed by atoms with Gasteiger partial charge in [-0.2, -0.15) is 0 Å². The van der Waals surface area contributed by atoms with E-state index in [2.05, 4.69) is 48.7 Å². The molecule has 0 aromatic heterocycles. The minimum atomic E-state index is 1.16. The smallest absolute Gasteiger partial charge is 0.0338 e. The monoisotopic (exact) mass is 179 g/mol. The van der Waals surface area contributed by atoms with Crippen LogP contribution in [0.25, 0.3) is 0 Å². The summed E-state index contributed by atoms with van der Waals surface area (Å²) in [5.41, 5.74) is 1.16. The molecule has 1 aromatic carbocycles. The lowest BCUT2D eigenvalue weighted by Crippen LogP contribution is -1.85. The number of benzene rings is 1. The van der Waals surface area contributed by atoms with Crippen molar-refractivity contribution in [2.75, 3.05) is 18.6 Å². The van der Waals surface area contributed by atoms with E-state index in [1.807, 2.05) is 7.05 Å². The van der Waals surface area contributed by atoms with Crippen molar-refractivity contribution in [3.05, 3.63) is 24.3 Å². The summed E-state index contributed by atoms with van der Waals surface area (Å²) in [6.45, 7) is 0. The zero-order valence-corrected chi connectivity index (χ0v) is 8.19. The topological polar surface area (TPSA) is 12.0 Å². The van der Waals surface area contributed by atoms with E-state index in [1.54, 1.807) is 11.8 Å². The molecule has 0 aliphatic carbocycles. The standard InChI is InChI=1S/C8H11NS.C2H2/c1-9-7-3-5-8(10-2)6-4-7;1-2/h3-6,9H,1-2H3;1-2H. The van der Waals surface area contributed by atoms with Gasteiger partial charge in [0.25, 0.3) is 0 Å². The Bertz CT molecular complexity index is 202. The molecule has 0 aliphatic rings. The van der Waals surface area contributed by atoms with E-state index >= 15 is 0 Å². The Morgan fingerprint density at radius 1 is 1.17 bits per heavy atom. The van der Waals surface area contributed by atoms with Crippen LogP contribution < -0.4 is 5.32 Å². The van der Waals surface area contributed by atoms with Crippen LogP contribution in [0.2, 0.25) is 0 Å². The Labute approximate surface area is 78.6 Å². The molecule has 1 nitrogen and oxygen atoms in total. The number of thioether (sulfide) groups is 1. The van der Waals surface area contributed by atoms with Gasteiger partial charge in [-0.1, -0.05) is 0 Å². The van der Waals surface area contributed by atoms with Crippen molar-refractivity contribution < 1.29 is 0 Å².